The van der Waals surface area contributed by atoms with E-state index in [1.165, 1.54) is 16.7 Å². The molecule has 2 heterocycles. The van der Waals surface area contributed by atoms with Crippen molar-refractivity contribution in [1.29, 1.82) is 0 Å². The monoisotopic (exact) mass is 509 g/mol. The highest BCUT2D eigenvalue weighted by Gasteiger charge is 2.41. The van der Waals surface area contributed by atoms with E-state index in [0.717, 1.165) is 28.1 Å². The van der Waals surface area contributed by atoms with Gasteiger partial charge in [0.2, 0.25) is 5.91 Å². The predicted octanol–water partition coefficient (Wildman–Crippen LogP) is 4.75. The number of rotatable bonds is 6. The molecule has 1 aromatic heterocycles. The molecule has 0 fully saturated rings. The molecule has 8 nitrogen and oxygen atoms in total. The number of amides is 1. The van der Waals surface area contributed by atoms with Gasteiger partial charge in [-0.1, -0.05) is 39.0 Å². The predicted molar refractivity (Wildman–Crippen MR) is 141 cm³/mol. The summed E-state index contributed by atoms with van der Waals surface area (Å²) in [6.45, 7) is 7.71. The molecule has 0 saturated carbocycles. The second-order valence-corrected chi connectivity index (χ2v) is 10.8. The molecule has 0 saturated heterocycles. The first-order chi connectivity index (χ1) is 17.1. The number of hydrogen-bond donors (Lipinski definition) is 1. The number of aliphatic carboxylic acids is 1. The number of aromatic nitrogens is 2. The van der Waals surface area contributed by atoms with E-state index in [4.69, 9.17) is 14.6 Å². The summed E-state index contributed by atoms with van der Waals surface area (Å²) in [4.78, 5) is 26.7. The number of carbonyl (C=O) groups is 2. The number of ether oxygens (including phenoxy) is 2. The summed E-state index contributed by atoms with van der Waals surface area (Å²) in [5.74, 6) is 0.511. The summed E-state index contributed by atoms with van der Waals surface area (Å²) in [6.07, 6.45) is 0. The van der Waals surface area contributed by atoms with Crippen LogP contribution < -0.4 is 14.4 Å². The van der Waals surface area contributed by atoms with Crippen molar-refractivity contribution in [1.82, 2.24) is 9.78 Å². The number of hydrogen-bond acceptors (Lipinski definition) is 6. The number of benzene rings is 2. The highest BCUT2D eigenvalue weighted by Crippen LogP contribution is 2.51. The van der Waals surface area contributed by atoms with Crippen molar-refractivity contribution >= 4 is 29.5 Å². The lowest BCUT2D eigenvalue weighted by atomic mass is 9.87. The maximum Gasteiger partial charge on any atom is 0.323 e. The number of thioether (sulfide) groups is 1. The largest absolute Gasteiger partial charge is 0.497 e. The van der Waals surface area contributed by atoms with Crippen molar-refractivity contribution in [2.75, 3.05) is 31.4 Å². The van der Waals surface area contributed by atoms with Crippen LogP contribution in [0.4, 0.5) is 5.82 Å². The Balaban J connectivity index is 2.12. The van der Waals surface area contributed by atoms with Crippen LogP contribution in [0.1, 0.15) is 48.4 Å². The Labute approximate surface area is 215 Å². The average Bonchev–Trinajstić information content (AvgIpc) is 3.17. The Bertz CT molecular complexity index is 1310. The van der Waals surface area contributed by atoms with E-state index in [9.17, 15) is 14.7 Å². The normalized spacial score (nSPS) is 15.9. The fourth-order valence-electron chi connectivity index (χ4n) is 4.47. The van der Waals surface area contributed by atoms with Gasteiger partial charge in [-0.25, -0.2) is 4.68 Å². The number of aryl methyl sites for hydroxylation is 1. The van der Waals surface area contributed by atoms with Gasteiger partial charge in [-0.05, 0) is 36.8 Å². The number of nitrogens with zero attached hydrogens (tertiary/aromatic N) is 3. The number of anilines is 1. The molecule has 36 heavy (non-hydrogen) atoms. The van der Waals surface area contributed by atoms with Crippen LogP contribution in [0.3, 0.4) is 0 Å². The molecule has 4 rings (SSSR count). The topological polar surface area (TPSA) is 93.9 Å². The van der Waals surface area contributed by atoms with Gasteiger partial charge in [0.15, 0.2) is 0 Å². The Kier molecular flexibility index (Phi) is 7.04. The first-order valence-electron chi connectivity index (χ1n) is 11.6. The zero-order valence-electron chi connectivity index (χ0n) is 21.4. The second-order valence-electron chi connectivity index (χ2n) is 9.71. The van der Waals surface area contributed by atoms with Gasteiger partial charge >= 0.3 is 5.97 Å². The van der Waals surface area contributed by atoms with E-state index < -0.39 is 17.9 Å². The standard InChI is InChI=1S/C27H31N3O5S/c1-16-9-7-8-10-19(16)30-26-23(25(28-30)27(2,3)4)24(36-15-21(31)29(26)14-22(32)33)18-13-17(34-5)11-12-20(18)35-6/h7-13,24H,14-15H2,1-6H3,(H,32,33). The molecule has 0 spiro atoms. The van der Waals surface area contributed by atoms with Gasteiger partial charge in [-0.3, -0.25) is 14.5 Å². The minimum absolute atomic E-state index is 0.102. The highest BCUT2D eigenvalue weighted by atomic mass is 32.2. The molecule has 190 valence electrons. The summed E-state index contributed by atoms with van der Waals surface area (Å²) < 4.78 is 13.0. The number of carboxylic acids is 1. The molecule has 0 aliphatic carbocycles. The van der Waals surface area contributed by atoms with Crippen LogP contribution in [0.15, 0.2) is 42.5 Å². The van der Waals surface area contributed by atoms with Crippen LogP contribution in [0.2, 0.25) is 0 Å². The van der Waals surface area contributed by atoms with Crippen molar-refractivity contribution in [3.8, 4) is 17.2 Å². The summed E-state index contributed by atoms with van der Waals surface area (Å²) in [5, 5.41) is 14.4. The molecule has 1 atom stereocenters. The fraction of sp³-hybridized carbons (Fsp3) is 0.370. The second kappa shape index (κ2) is 9.89. The molecule has 1 unspecified atom stereocenters. The molecule has 1 N–H and O–H groups in total. The van der Waals surface area contributed by atoms with Crippen LogP contribution in [0.5, 0.6) is 11.5 Å². The molecule has 3 aromatic rings. The Hall–Kier alpha value is -3.46. The Morgan fingerprint density at radius 3 is 2.50 bits per heavy atom. The molecule has 1 aliphatic heterocycles. The van der Waals surface area contributed by atoms with Gasteiger partial charge < -0.3 is 14.6 Å². The first kappa shape index (κ1) is 25.6. The number of carbonyl (C=O) groups excluding carboxylic acids is 1. The third-order valence-electron chi connectivity index (χ3n) is 6.16. The summed E-state index contributed by atoms with van der Waals surface area (Å²) in [6, 6.07) is 13.3. The number of para-hydroxylation sites is 1. The number of fused-ring (bicyclic) bond motifs is 1. The fourth-order valence-corrected chi connectivity index (χ4v) is 5.68. The van der Waals surface area contributed by atoms with E-state index in [2.05, 4.69) is 20.8 Å². The van der Waals surface area contributed by atoms with Crippen LogP contribution in [-0.2, 0) is 15.0 Å². The van der Waals surface area contributed by atoms with Crippen molar-refractivity contribution < 1.29 is 24.2 Å². The van der Waals surface area contributed by atoms with Crippen molar-refractivity contribution in [2.24, 2.45) is 0 Å². The van der Waals surface area contributed by atoms with Crippen molar-refractivity contribution in [3.05, 3.63) is 64.8 Å². The summed E-state index contributed by atoms with van der Waals surface area (Å²) >= 11 is 1.44. The van der Waals surface area contributed by atoms with Gasteiger partial charge in [0.1, 0.15) is 23.9 Å². The third-order valence-corrected chi connectivity index (χ3v) is 7.39. The molecule has 2 aromatic carbocycles. The lowest BCUT2D eigenvalue weighted by molar-refractivity contribution is -0.136. The number of carboxylic acid groups (broad SMARTS) is 1. The minimum atomic E-state index is -1.09. The number of methoxy groups -OCH3 is 2. The van der Waals surface area contributed by atoms with Crippen LogP contribution in [0, 0.1) is 6.92 Å². The van der Waals surface area contributed by atoms with E-state index in [1.54, 1.807) is 18.9 Å². The van der Waals surface area contributed by atoms with Gasteiger partial charge in [0.05, 0.1) is 36.6 Å². The molecular weight excluding hydrogens is 478 g/mol. The summed E-state index contributed by atoms with van der Waals surface area (Å²) in [7, 11) is 3.21. The minimum Gasteiger partial charge on any atom is -0.497 e. The maximum atomic E-state index is 13.4. The van der Waals surface area contributed by atoms with Gasteiger partial charge in [-0.15, -0.1) is 11.8 Å². The Morgan fingerprint density at radius 2 is 1.89 bits per heavy atom. The van der Waals surface area contributed by atoms with E-state index in [1.807, 2.05) is 49.4 Å². The molecule has 0 bridgehead atoms. The maximum absolute atomic E-state index is 13.4. The van der Waals surface area contributed by atoms with E-state index in [-0.39, 0.29) is 16.9 Å². The lowest BCUT2D eigenvalue weighted by Gasteiger charge is -2.25. The SMILES string of the molecule is COc1ccc(OC)c(C2SCC(=O)N(CC(=O)O)c3c2c(C(C)(C)C)nn3-c2ccccc2C)c1. The molecule has 1 aliphatic rings. The van der Waals surface area contributed by atoms with Gasteiger partial charge in [0, 0.05) is 16.5 Å². The van der Waals surface area contributed by atoms with Crippen molar-refractivity contribution in [3.63, 3.8) is 0 Å². The molecular formula is C27H31N3O5S. The zero-order chi connectivity index (χ0) is 26.2. The average molecular weight is 510 g/mol. The zero-order valence-corrected chi connectivity index (χ0v) is 22.2. The molecule has 9 heteroatoms. The van der Waals surface area contributed by atoms with Gasteiger partial charge in [0.25, 0.3) is 0 Å². The van der Waals surface area contributed by atoms with Crippen molar-refractivity contribution in [2.45, 2.75) is 38.4 Å². The molecule has 0 radical (unpaired) electrons. The smallest absolute Gasteiger partial charge is 0.323 e. The van der Waals surface area contributed by atoms with E-state index >= 15 is 0 Å². The molecule has 1 amide bonds. The third kappa shape index (κ3) is 4.67. The lowest BCUT2D eigenvalue weighted by Crippen LogP contribution is -2.38. The summed E-state index contributed by atoms with van der Waals surface area (Å²) in [5.41, 5.74) is 3.77. The van der Waals surface area contributed by atoms with E-state index in [0.29, 0.717) is 17.3 Å². The van der Waals surface area contributed by atoms with Crippen LogP contribution >= 0.6 is 11.8 Å². The quantitative estimate of drug-likeness (QED) is 0.513. The van der Waals surface area contributed by atoms with Crippen LogP contribution in [0.25, 0.3) is 5.69 Å². The Morgan fingerprint density at radius 1 is 1.17 bits per heavy atom. The highest BCUT2D eigenvalue weighted by molar-refractivity contribution is 8.00. The first-order valence-corrected chi connectivity index (χ1v) is 12.7. The van der Waals surface area contributed by atoms with Crippen LogP contribution in [-0.4, -0.2) is 53.3 Å². The van der Waals surface area contributed by atoms with Gasteiger partial charge in [-0.2, -0.15) is 5.10 Å².